The normalized spacial score (nSPS) is 21.8. The van der Waals surface area contributed by atoms with Gasteiger partial charge < -0.3 is 4.74 Å². The average molecular weight is 461 g/mol. The fourth-order valence-corrected chi connectivity index (χ4v) is 4.49. The molecule has 34 heavy (non-hydrogen) atoms. The standard InChI is InChI=1S/C27H25FN2O4/c1-2-3-17-33-22-15-13-20(14-16-22)29-26(31)23-24(18-9-11-19(28)12-10-18)30(34-25(23)27(29)32)21-7-5-4-6-8-21/h4-16,23-25H,2-3,17H2,1H3/t23-,24+,25-/m0/s1. The van der Waals surface area contributed by atoms with Crippen molar-refractivity contribution in [3.05, 3.63) is 90.2 Å². The number of hydrogen-bond acceptors (Lipinski definition) is 5. The Kier molecular flexibility index (Phi) is 6.02. The number of unbranched alkanes of at least 4 members (excludes halogenated alkanes) is 1. The van der Waals surface area contributed by atoms with Gasteiger partial charge in [0.05, 0.1) is 24.0 Å². The van der Waals surface area contributed by atoms with E-state index in [1.54, 1.807) is 41.5 Å². The van der Waals surface area contributed by atoms with Gasteiger partial charge in [0, 0.05) is 0 Å². The molecule has 0 bridgehead atoms. The third-order valence-corrected chi connectivity index (χ3v) is 6.20. The molecule has 6 nitrogen and oxygen atoms in total. The Morgan fingerprint density at radius 2 is 1.59 bits per heavy atom. The molecule has 0 aliphatic carbocycles. The highest BCUT2D eigenvalue weighted by Crippen LogP contribution is 2.47. The van der Waals surface area contributed by atoms with Gasteiger partial charge in [-0.1, -0.05) is 43.7 Å². The van der Waals surface area contributed by atoms with Crippen molar-refractivity contribution in [3.63, 3.8) is 0 Å². The van der Waals surface area contributed by atoms with E-state index in [1.807, 2.05) is 30.3 Å². The van der Waals surface area contributed by atoms with Gasteiger partial charge >= 0.3 is 0 Å². The number of hydrogen-bond donors (Lipinski definition) is 0. The summed E-state index contributed by atoms with van der Waals surface area (Å²) < 4.78 is 19.3. The van der Waals surface area contributed by atoms with Crippen molar-refractivity contribution < 1.29 is 23.6 Å². The van der Waals surface area contributed by atoms with Crippen LogP contribution in [0.3, 0.4) is 0 Å². The second kappa shape index (κ2) is 9.27. The molecule has 3 atom stereocenters. The number of fused-ring (bicyclic) bond motifs is 1. The maximum Gasteiger partial charge on any atom is 0.266 e. The number of rotatable bonds is 7. The first-order valence-corrected chi connectivity index (χ1v) is 11.5. The maximum absolute atomic E-state index is 13.6. The van der Waals surface area contributed by atoms with Gasteiger partial charge in [-0.3, -0.25) is 14.4 Å². The zero-order valence-electron chi connectivity index (χ0n) is 18.8. The smallest absolute Gasteiger partial charge is 0.266 e. The first kappa shape index (κ1) is 22.1. The summed E-state index contributed by atoms with van der Waals surface area (Å²) in [6, 6.07) is 21.6. The second-order valence-corrected chi connectivity index (χ2v) is 8.42. The van der Waals surface area contributed by atoms with E-state index in [0.29, 0.717) is 29.3 Å². The van der Waals surface area contributed by atoms with Crippen LogP contribution >= 0.6 is 0 Å². The summed E-state index contributed by atoms with van der Waals surface area (Å²) in [6.45, 7) is 2.71. The molecule has 2 fully saturated rings. The molecule has 0 saturated carbocycles. The van der Waals surface area contributed by atoms with Crippen LogP contribution in [0.4, 0.5) is 15.8 Å². The number of imide groups is 1. The Hall–Kier alpha value is -3.71. The van der Waals surface area contributed by atoms with E-state index in [0.717, 1.165) is 12.8 Å². The molecule has 3 aromatic rings. The Balaban J connectivity index is 1.46. The zero-order chi connectivity index (χ0) is 23.7. The number of nitrogens with zero attached hydrogens (tertiary/aromatic N) is 2. The van der Waals surface area contributed by atoms with Crippen molar-refractivity contribution in [1.29, 1.82) is 0 Å². The summed E-state index contributed by atoms with van der Waals surface area (Å²) >= 11 is 0. The summed E-state index contributed by atoms with van der Waals surface area (Å²) in [5.74, 6) is -1.21. The second-order valence-electron chi connectivity index (χ2n) is 8.42. The quantitative estimate of drug-likeness (QED) is 0.365. The van der Waals surface area contributed by atoms with Gasteiger partial charge in [0.2, 0.25) is 5.91 Å². The van der Waals surface area contributed by atoms with Crippen molar-refractivity contribution in [2.75, 3.05) is 16.6 Å². The minimum absolute atomic E-state index is 0.345. The summed E-state index contributed by atoms with van der Waals surface area (Å²) in [5.41, 5.74) is 1.88. The molecule has 3 aromatic carbocycles. The van der Waals surface area contributed by atoms with Crippen LogP contribution in [0.5, 0.6) is 5.75 Å². The van der Waals surface area contributed by atoms with Crippen LogP contribution in [-0.2, 0) is 14.4 Å². The lowest BCUT2D eigenvalue weighted by Crippen LogP contribution is -2.37. The van der Waals surface area contributed by atoms with Crippen LogP contribution in [0.15, 0.2) is 78.9 Å². The minimum Gasteiger partial charge on any atom is -0.494 e. The monoisotopic (exact) mass is 460 g/mol. The van der Waals surface area contributed by atoms with Crippen LogP contribution in [-0.4, -0.2) is 24.5 Å². The predicted octanol–water partition coefficient (Wildman–Crippen LogP) is 5.06. The van der Waals surface area contributed by atoms with Crippen LogP contribution in [0.2, 0.25) is 0 Å². The van der Waals surface area contributed by atoms with Gasteiger partial charge in [0.25, 0.3) is 5.91 Å². The van der Waals surface area contributed by atoms with Crippen molar-refractivity contribution in [2.24, 2.45) is 5.92 Å². The number of anilines is 2. The molecule has 2 heterocycles. The van der Waals surface area contributed by atoms with E-state index < -0.39 is 24.0 Å². The molecule has 0 spiro atoms. The highest BCUT2D eigenvalue weighted by molar-refractivity contribution is 6.23. The number of ether oxygens (including phenoxy) is 1. The van der Waals surface area contributed by atoms with Crippen LogP contribution in [0.25, 0.3) is 0 Å². The molecule has 2 saturated heterocycles. The minimum atomic E-state index is -0.969. The summed E-state index contributed by atoms with van der Waals surface area (Å²) in [6.07, 6.45) is 1.02. The first-order chi connectivity index (χ1) is 16.6. The number of halogens is 1. The van der Waals surface area contributed by atoms with Crippen molar-refractivity contribution in [1.82, 2.24) is 0 Å². The molecular weight excluding hydrogens is 435 g/mol. The number of carbonyl (C=O) groups excluding carboxylic acids is 2. The van der Waals surface area contributed by atoms with Gasteiger partial charge in [-0.15, -0.1) is 0 Å². The molecule has 2 aliphatic rings. The fraction of sp³-hybridized carbons (Fsp3) is 0.259. The van der Waals surface area contributed by atoms with Gasteiger partial charge in [-0.25, -0.2) is 14.4 Å². The molecular formula is C27H25FN2O4. The summed E-state index contributed by atoms with van der Waals surface area (Å²) in [4.78, 5) is 34.3. The lowest BCUT2D eigenvalue weighted by molar-refractivity contribution is -0.126. The number of hydroxylamine groups is 1. The first-order valence-electron chi connectivity index (χ1n) is 11.5. The van der Waals surface area contributed by atoms with Crippen molar-refractivity contribution >= 4 is 23.2 Å². The van der Waals surface area contributed by atoms with Gasteiger partial charge in [-0.05, 0) is 60.5 Å². The topological polar surface area (TPSA) is 59.1 Å². The van der Waals surface area contributed by atoms with Crippen molar-refractivity contribution in [2.45, 2.75) is 31.9 Å². The number of para-hydroxylation sites is 1. The van der Waals surface area contributed by atoms with Gasteiger partial charge in [-0.2, -0.15) is 0 Å². The molecule has 0 aromatic heterocycles. The fourth-order valence-electron chi connectivity index (χ4n) is 4.49. The molecule has 174 valence electrons. The molecule has 7 heteroatoms. The SMILES string of the molecule is CCCCOc1ccc(N2C(=O)[C@@H]3[C@H](ON(c4ccccc4)[C@@H]3c3ccc(F)cc3)C2=O)cc1. The van der Waals surface area contributed by atoms with Crippen LogP contribution in [0, 0.1) is 11.7 Å². The van der Waals surface area contributed by atoms with E-state index in [-0.39, 0.29) is 11.7 Å². The number of benzene rings is 3. The molecule has 2 aliphatic heterocycles. The van der Waals surface area contributed by atoms with Crippen molar-refractivity contribution in [3.8, 4) is 5.75 Å². The highest BCUT2D eigenvalue weighted by atomic mass is 19.1. The Labute approximate surface area is 197 Å². The lowest BCUT2D eigenvalue weighted by Gasteiger charge is -2.28. The average Bonchev–Trinajstić information content (AvgIpc) is 3.37. The number of amides is 2. The zero-order valence-corrected chi connectivity index (χ0v) is 18.8. The molecule has 5 rings (SSSR count). The summed E-state index contributed by atoms with van der Waals surface area (Å²) in [5, 5.41) is 1.60. The van der Waals surface area contributed by atoms with E-state index in [9.17, 15) is 14.0 Å². The lowest BCUT2D eigenvalue weighted by atomic mass is 9.90. The Morgan fingerprint density at radius 3 is 2.26 bits per heavy atom. The molecule has 2 amide bonds. The van der Waals surface area contributed by atoms with Crippen LogP contribution < -0.4 is 14.7 Å². The van der Waals surface area contributed by atoms with Crippen LogP contribution in [0.1, 0.15) is 31.4 Å². The maximum atomic E-state index is 13.6. The third-order valence-electron chi connectivity index (χ3n) is 6.20. The highest BCUT2D eigenvalue weighted by Gasteiger charge is 2.60. The molecule has 0 N–H and O–H groups in total. The third kappa shape index (κ3) is 3.92. The molecule has 0 unspecified atom stereocenters. The van der Waals surface area contributed by atoms with E-state index in [4.69, 9.17) is 9.57 Å². The van der Waals surface area contributed by atoms with E-state index in [1.165, 1.54) is 17.0 Å². The van der Waals surface area contributed by atoms with E-state index in [2.05, 4.69) is 6.92 Å². The Bertz CT molecular complexity index is 1170. The largest absolute Gasteiger partial charge is 0.494 e. The summed E-state index contributed by atoms with van der Waals surface area (Å²) in [7, 11) is 0. The predicted molar refractivity (Wildman–Crippen MR) is 126 cm³/mol. The Morgan fingerprint density at radius 1 is 0.882 bits per heavy atom. The number of carbonyl (C=O) groups is 2. The molecule has 0 radical (unpaired) electrons. The van der Waals surface area contributed by atoms with Gasteiger partial charge in [0.1, 0.15) is 17.5 Å². The van der Waals surface area contributed by atoms with E-state index >= 15 is 0 Å². The van der Waals surface area contributed by atoms with Gasteiger partial charge in [0.15, 0.2) is 6.10 Å².